The number of piperazine rings is 1. The Bertz CT molecular complexity index is 692. The molecule has 0 radical (unpaired) electrons. The molecule has 8 heteroatoms. The van der Waals surface area contributed by atoms with Crippen LogP contribution in [0.4, 0.5) is 5.69 Å². The van der Waals surface area contributed by atoms with Crippen LogP contribution >= 0.6 is 11.3 Å². The molecule has 0 amide bonds. The Morgan fingerprint density at radius 3 is 2.48 bits per heavy atom. The van der Waals surface area contributed by atoms with Crippen molar-refractivity contribution in [1.29, 1.82) is 0 Å². The van der Waals surface area contributed by atoms with E-state index in [1.165, 1.54) is 11.1 Å². The fourth-order valence-corrected chi connectivity index (χ4v) is 3.07. The number of hydrogen-bond acceptors (Lipinski definition) is 6. The summed E-state index contributed by atoms with van der Waals surface area (Å²) in [4.78, 5) is 27.1. The Kier molecular flexibility index (Phi) is 6.07. The molecule has 1 saturated heterocycles. The van der Waals surface area contributed by atoms with Crippen LogP contribution in [0.3, 0.4) is 0 Å². The largest absolute Gasteiger partial charge is 0.478 e. The zero-order valence-electron chi connectivity index (χ0n) is 12.3. The lowest BCUT2D eigenvalue weighted by atomic mass is 10.2. The SMILES string of the molecule is O=C(O)C=CC(=O)O.c1cnc2scc(N3CCNCC3)c2c1. The Hall–Kier alpha value is -2.45. The van der Waals surface area contributed by atoms with Gasteiger partial charge in [-0.05, 0) is 12.1 Å². The van der Waals surface area contributed by atoms with Gasteiger partial charge in [0.2, 0.25) is 0 Å². The number of thiophene rings is 1. The van der Waals surface area contributed by atoms with Crippen molar-refractivity contribution in [2.45, 2.75) is 0 Å². The van der Waals surface area contributed by atoms with Gasteiger partial charge < -0.3 is 20.4 Å². The molecule has 1 aliphatic rings. The highest BCUT2D eigenvalue weighted by Crippen LogP contribution is 2.31. The van der Waals surface area contributed by atoms with E-state index in [1.807, 2.05) is 12.3 Å². The van der Waals surface area contributed by atoms with E-state index in [4.69, 9.17) is 10.2 Å². The first-order valence-electron chi connectivity index (χ1n) is 6.99. The van der Waals surface area contributed by atoms with E-state index in [0.29, 0.717) is 12.2 Å². The van der Waals surface area contributed by atoms with Crippen LogP contribution in [0.15, 0.2) is 35.9 Å². The molecule has 0 saturated carbocycles. The highest BCUT2D eigenvalue weighted by atomic mass is 32.1. The second-order valence-corrected chi connectivity index (χ2v) is 5.58. The van der Waals surface area contributed by atoms with Crippen LogP contribution in [-0.4, -0.2) is 53.3 Å². The Labute approximate surface area is 136 Å². The molecule has 0 aromatic carbocycles. The predicted octanol–water partition coefficient (Wildman–Crippen LogP) is 1.42. The van der Waals surface area contributed by atoms with E-state index >= 15 is 0 Å². The number of carboxylic acid groups (broad SMARTS) is 2. The number of rotatable bonds is 3. The van der Waals surface area contributed by atoms with Crippen LogP contribution in [0.5, 0.6) is 0 Å². The lowest BCUT2D eigenvalue weighted by Crippen LogP contribution is -2.43. The zero-order chi connectivity index (χ0) is 16.7. The van der Waals surface area contributed by atoms with Crippen molar-refractivity contribution >= 4 is 39.2 Å². The zero-order valence-corrected chi connectivity index (χ0v) is 13.1. The van der Waals surface area contributed by atoms with E-state index in [-0.39, 0.29) is 0 Å². The summed E-state index contributed by atoms with van der Waals surface area (Å²) in [6, 6.07) is 4.18. The molecular formula is C15H17N3O4S. The van der Waals surface area contributed by atoms with Crippen molar-refractivity contribution < 1.29 is 19.8 Å². The molecule has 2 aromatic heterocycles. The summed E-state index contributed by atoms with van der Waals surface area (Å²) < 4.78 is 0. The van der Waals surface area contributed by atoms with Crippen LogP contribution in [0.25, 0.3) is 10.2 Å². The summed E-state index contributed by atoms with van der Waals surface area (Å²) in [6.45, 7) is 4.36. The van der Waals surface area contributed by atoms with Crippen LogP contribution in [0, 0.1) is 0 Å². The van der Waals surface area contributed by atoms with Crippen LogP contribution in [-0.2, 0) is 9.59 Å². The number of aliphatic carboxylic acids is 2. The minimum atomic E-state index is -1.26. The van der Waals surface area contributed by atoms with Gasteiger partial charge in [-0.2, -0.15) is 0 Å². The summed E-state index contributed by atoms with van der Waals surface area (Å²) in [5.74, 6) is -2.51. The minimum Gasteiger partial charge on any atom is -0.478 e. The van der Waals surface area contributed by atoms with E-state index in [1.54, 1.807) is 11.3 Å². The second kappa shape index (κ2) is 8.25. The van der Waals surface area contributed by atoms with Gasteiger partial charge in [0.05, 0.1) is 5.69 Å². The summed E-state index contributed by atoms with van der Waals surface area (Å²) in [6.07, 6.45) is 2.98. The minimum absolute atomic E-state index is 0.558. The Balaban J connectivity index is 0.000000207. The molecule has 1 aliphatic heterocycles. The van der Waals surface area contributed by atoms with Crippen LogP contribution < -0.4 is 10.2 Å². The number of aromatic nitrogens is 1. The van der Waals surface area contributed by atoms with Gasteiger partial charge in [-0.15, -0.1) is 11.3 Å². The summed E-state index contributed by atoms with van der Waals surface area (Å²) in [7, 11) is 0. The topological polar surface area (TPSA) is 103 Å². The quantitative estimate of drug-likeness (QED) is 0.729. The number of pyridine rings is 1. The second-order valence-electron chi connectivity index (χ2n) is 4.72. The van der Waals surface area contributed by atoms with Crippen LogP contribution in [0.1, 0.15) is 0 Å². The number of carbonyl (C=O) groups is 2. The number of nitrogens with one attached hydrogen (secondary N) is 1. The van der Waals surface area contributed by atoms with E-state index in [0.717, 1.165) is 31.0 Å². The fourth-order valence-electron chi connectivity index (χ4n) is 2.15. The average Bonchev–Trinajstić information content (AvgIpc) is 2.98. The molecule has 7 nitrogen and oxygen atoms in total. The van der Waals surface area contributed by atoms with Crippen molar-refractivity contribution in [2.24, 2.45) is 0 Å². The van der Waals surface area contributed by atoms with Crippen molar-refractivity contribution in [3.8, 4) is 0 Å². The molecule has 0 bridgehead atoms. The van der Waals surface area contributed by atoms with Gasteiger partial charge in [0, 0.05) is 55.3 Å². The van der Waals surface area contributed by atoms with Crippen LogP contribution in [0.2, 0.25) is 0 Å². The predicted molar refractivity (Wildman–Crippen MR) is 89.1 cm³/mol. The fraction of sp³-hybridized carbons (Fsp3) is 0.267. The first-order valence-corrected chi connectivity index (χ1v) is 7.87. The third-order valence-electron chi connectivity index (χ3n) is 3.16. The third-order valence-corrected chi connectivity index (χ3v) is 4.05. The molecule has 122 valence electrons. The molecule has 2 aromatic rings. The first kappa shape index (κ1) is 16.9. The molecule has 1 fully saturated rings. The molecule has 3 rings (SSSR count). The smallest absolute Gasteiger partial charge is 0.328 e. The van der Waals surface area contributed by atoms with Gasteiger partial charge in [0.25, 0.3) is 0 Å². The van der Waals surface area contributed by atoms with Gasteiger partial charge in [-0.3, -0.25) is 0 Å². The Morgan fingerprint density at radius 1 is 1.22 bits per heavy atom. The highest BCUT2D eigenvalue weighted by molar-refractivity contribution is 7.17. The third kappa shape index (κ3) is 5.04. The number of carboxylic acids is 2. The van der Waals surface area contributed by atoms with Gasteiger partial charge in [0.1, 0.15) is 4.83 Å². The van der Waals surface area contributed by atoms with Gasteiger partial charge >= 0.3 is 11.9 Å². The lowest BCUT2D eigenvalue weighted by Gasteiger charge is -2.28. The molecular weight excluding hydrogens is 318 g/mol. The van der Waals surface area contributed by atoms with Gasteiger partial charge in [-0.25, -0.2) is 14.6 Å². The Morgan fingerprint density at radius 2 is 1.87 bits per heavy atom. The van der Waals surface area contributed by atoms with Crippen molar-refractivity contribution in [1.82, 2.24) is 10.3 Å². The molecule has 0 spiro atoms. The monoisotopic (exact) mass is 335 g/mol. The normalized spacial score (nSPS) is 14.5. The van der Waals surface area contributed by atoms with E-state index in [2.05, 4.69) is 26.6 Å². The summed E-state index contributed by atoms with van der Waals surface area (Å²) in [5.41, 5.74) is 1.35. The lowest BCUT2D eigenvalue weighted by molar-refractivity contribution is -0.134. The molecule has 3 N–H and O–H groups in total. The standard InChI is InChI=1S/C11H13N3S.C4H4O4/c1-2-9-10(8-15-11(9)13-3-1)14-6-4-12-5-7-14;5-3(6)1-2-4(7)8/h1-3,8,12H,4-7H2;1-2H,(H,5,6)(H,7,8). The maximum atomic E-state index is 9.55. The summed E-state index contributed by atoms with van der Waals surface area (Å²) >= 11 is 1.73. The van der Waals surface area contributed by atoms with Gasteiger partial charge in [-0.1, -0.05) is 0 Å². The first-order chi connectivity index (χ1) is 11.1. The molecule has 3 heterocycles. The number of fused-ring (bicyclic) bond motifs is 1. The summed E-state index contributed by atoms with van der Waals surface area (Å²) in [5, 5.41) is 22.5. The van der Waals surface area contributed by atoms with Crippen molar-refractivity contribution in [3.63, 3.8) is 0 Å². The van der Waals surface area contributed by atoms with E-state index in [9.17, 15) is 9.59 Å². The average molecular weight is 335 g/mol. The molecule has 0 atom stereocenters. The maximum Gasteiger partial charge on any atom is 0.328 e. The molecule has 23 heavy (non-hydrogen) atoms. The maximum absolute atomic E-state index is 9.55. The number of nitrogens with zero attached hydrogens (tertiary/aromatic N) is 2. The highest BCUT2D eigenvalue weighted by Gasteiger charge is 2.14. The van der Waals surface area contributed by atoms with Gasteiger partial charge in [0.15, 0.2) is 0 Å². The van der Waals surface area contributed by atoms with E-state index < -0.39 is 11.9 Å². The molecule has 0 aliphatic carbocycles. The molecule has 0 unspecified atom stereocenters. The van der Waals surface area contributed by atoms with Crippen molar-refractivity contribution in [2.75, 3.05) is 31.1 Å². The van der Waals surface area contributed by atoms with Crippen molar-refractivity contribution in [3.05, 3.63) is 35.9 Å². The number of anilines is 1. The number of hydrogen-bond donors (Lipinski definition) is 3.